The molecule has 2 atom stereocenters. The summed E-state index contributed by atoms with van der Waals surface area (Å²) in [5.74, 6) is 0.731. The van der Waals surface area contributed by atoms with Crippen LogP contribution >= 0.6 is 16.1 Å². The van der Waals surface area contributed by atoms with Gasteiger partial charge >= 0.3 is 0 Å². The highest BCUT2D eigenvalue weighted by atomic mass is 31.2. The summed E-state index contributed by atoms with van der Waals surface area (Å²) in [4.78, 5) is 0. The van der Waals surface area contributed by atoms with Crippen LogP contribution in [0.15, 0.2) is 109 Å². The molecule has 0 aromatic heterocycles. The number of unbranched alkanes of at least 4 members (excludes halogenated alkanes) is 3. The second-order valence-corrected chi connectivity index (χ2v) is 18.0. The van der Waals surface area contributed by atoms with Crippen LogP contribution in [0.3, 0.4) is 0 Å². The normalized spacial score (nSPS) is 19.1. The summed E-state index contributed by atoms with van der Waals surface area (Å²) in [7, 11) is -1.38. The molecule has 4 aromatic rings. The van der Waals surface area contributed by atoms with Gasteiger partial charge in [-0.15, -0.1) is 0 Å². The van der Waals surface area contributed by atoms with Crippen molar-refractivity contribution in [2.24, 2.45) is 0 Å². The minimum Gasteiger partial charge on any atom is -0.249 e. The molecule has 0 spiro atoms. The zero-order valence-electron chi connectivity index (χ0n) is 29.0. The fraction of sp³-hybridized carbons (Fsp3) is 0.429. The van der Waals surface area contributed by atoms with Gasteiger partial charge in [-0.1, -0.05) is 149 Å². The van der Waals surface area contributed by atoms with Gasteiger partial charge in [0.15, 0.2) is 0 Å². The number of nitrogens with zero attached hydrogens (tertiary/aromatic N) is 3. The number of fused-ring (bicyclic) bond motifs is 1. The lowest BCUT2D eigenvalue weighted by Gasteiger charge is -2.42. The first kappa shape index (κ1) is 34.5. The zero-order valence-corrected chi connectivity index (χ0v) is 30.8. The molecule has 0 unspecified atom stereocenters. The van der Waals surface area contributed by atoms with E-state index in [1.165, 1.54) is 97.1 Å². The van der Waals surface area contributed by atoms with Crippen molar-refractivity contribution in [3.63, 3.8) is 0 Å². The van der Waals surface area contributed by atoms with Crippen LogP contribution in [0.5, 0.6) is 0 Å². The van der Waals surface area contributed by atoms with Crippen LogP contribution in [0.1, 0.15) is 106 Å². The number of hydrazine groups is 1. The Labute approximate surface area is 288 Å². The fourth-order valence-electron chi connectivity index (χ4n) is 7.29. The van der Waals surface area contributed by atoms with Gasteiger partial charge in [0.25, 0.3) is 0 Å². The van der Waals surface area contributed by atoms with E-state index in [-0.39, 0.29) is 0 Å². The Hall–Kier alpha value is -2.38. The molecule has 5 heteroatoms. The maximum Gasteiger partial charge on any atom is 0.0847 e. The quantitative estimate of drug-likeness (QED) is 0.117. The average molecular weight is 664 g/mol. The summed E-state index contributed by atoms with van der Waals surface area (Å²) < 4.78 is 3.06. The van der Waals surface area contributed by atoms with Crippen molar-refractivity contribution in [3.05, 3.63) is 131 Å². The van der Waals surface area contributed by atoms with E-state index >= 15 is 0 Å². The first-order valence-corrected chi connectivity index (χ1v) is 21.1. The number of hydrogen-bond acceptors (Lipinski definition) is 3. The van der Waals surface area contributed by atoms with E-state index in [2.05, 4.69) is 144 Å². The third-order valence-corrected chi connectivity index (χ3v) is 16.1. The lowest BCUT2D eigenvalue weighted by Crippen LogP contribution is -2.43. The van der Waals surface area contributed by atoms with Crippen LogP contribution in [0.2, 0.25) is 0 Å². The summed E-state index contributed by atoms with van der Waals surface area (Å²) in [5, 5.41) is 8.59. The molecule has 2 aliphatic rings. The van der Waals surface area contributed by atoms with Crippen molar-refractivity contribution in [1.82, 2.24) is 14.5 Å². The Morgan fingerprint density at radius 2 is 1.00 bits per heavy atom. The molecule has 3 nitrogen and oxygen atoms in total. The second-order valence-electron chi connectivity index (χ2n) is 13.3. The van der Waals surface area contributed by atoms with Crippen LogP contribution in [-0.2, 0) is 12.8 Å². The highest BCUT2D eigenvalue weighted by Crippen LogP contribution is 2.76. The van der Waals surface area contributed by atoms with Gasteiger partial charge < -0.3 is 0 Å². The monoisotopic (exact) mass is 663 g/mol. The van der Waals surface area contributed by atoms with E-state index in [9.17, 15) is 0 Å². The summed E-state index contributed by atoms with van der Waals surface area (Å²) in [5.41, 5.74) is 5.96. The molecule has 0 amide bonds. The summed E-state index contributed by atoms with van der Waals surface area (Å²) >= 11 is 0. The summed E-state index contributed by atoms with van der Waals surface area (Å²) in [6.07, 6.45) is 12.3. The van der Waals surface area contributed by atoms with E-state index in [0.29, 0.717) is 11.6 Å². The fourth-order valence-corrected chi connectivity index (χ4v) is 14.5. The lowest BCUT2D eigenvalue weighted by molar-refractivity contribution is -0.0531. The molecule has 0 N–H and O–H groups in total. The van der Waals surface area contributed by atoms with Gasteiger partial charge in [0.05, 0.1) is 11.6 Å². The molecule has 0 aliphatic carbocycles. The van der Waals surface area contributed by atoms with Gasteiger partial charge in [-0.3, -0.25) is 0 Å². The van der Waals surface area contributed by atoms with Gasteiger partial charge in [-0.25, -0.2) is 14.5 Å². The van der Waals surface area contributed by atoms with E-state index < -0.39 is 16.1 Å². The zero-order chi connectivity index (χ0) is 32.4. The average Bonchev–Trinajstić information content (AvgIpc) is 3.47. The van der Waals surface area contributed by atoms with Crippen LogP contribution in [0, 0.1) is 0 Å². The standard InChI is InChI=1S/C42H55N3P2/c1-4-7-18-35-24-28-37(29-25-35)41-43-32-16-17-33-44(43)42(38-30-26-36(27-31-38)19-8-5-2)47(41)45(34-9-6-3)46(39-20-12-10-13-21-39)40-22-14-11-15-23-40/h10-15,20-31,41-42H,4-9,16-19,32-34H2,1-3H3/t41-,42-/m1/s1. The molecule has 0 bridgehead atoms. The number of aryl methyl sites for hydroxylation is 2. The first-order valence-electron chi connectivity index (χ1n) is 18.4. The number of benzene rings is 4. The summed E-state index contributed by atoms with van der Waals surface area (Å²) in [6.45, 7) is 10.4. The van der Waals surface area contributed by atoms with Crippen LogP contribution in [0.25, 0.3) is 0 Å². The maximum atomic E-state index is 3.06. The molecule has 2 fully saturated rings. The van der Waals surface area contributed by atoms with Gasteiger partial charge in [-0.05, 0) is 77.8 Å². The molecular weight excluding hydrogens is 608 g/mol. The minimum atomic E-state index is -0.718. The van der Waals surface area contributed by atoms with Crippen molar-refractivity contribution < 1.29 is 0 Å². The molecule has 4 aromatic carbocycles. The van der Waals surface area contributed by atoms with Gasteiger partial charge in [0.1, 0.15) is 0 Å². The summed E-state index contributed by atoms with van der Waals surface area (Å²) in [6, 6.07) is 42.7. The van der Waals surface area contributed by atoms with E-state index in [0.717, 1.165) is 19.6 Å². The van der Waals surface area contributed by atoms with E-state index in [1.807, 2.05) is 0 Å². The lowest BCUT2D eigenvalue weighted by atomic mass is 10.1. The Balaban J connectivity index is 1.52. The third-order valence-electron chi connectivity index (χ3n) is 9.82. The maximum absolute atomic E-state index is 3.06. The van der Waals surface area contributed by atoms with Gasteiger partial charge in [-0.2, -0.15) is 0 Å². The van der Waals surface area contributed by atoms with E-state index in [1.54, 1.807) is 0 Å². The van der Waals surface area contributed by atoms with Gasteiger partial charge in [0.2, 0.25) is 0 Å². The molecule has 248 valence electrons. The predicted octanol–water partition coefficient (Wildman–Crippen LogP) is 10.9. The van der Waals surface area contributed by atoms with Crippen molar-refractivity contribution in [2.45, 2.75) is 96.5 Å². The molecule has 0 radical (unpaired) electrons. The second kappa shape index (κ2) is 17.3. The molecule has 6 rings (SSSR count). The van der Waals surface area contributed by atoms with Gasteiger partial charge in [0, 0.05) is 35.8 Å². The Morgan fingerprint density at radius 3 is 1.40 bits per heavy atom. The highest BCUT2D eigenvalue weighted by Gasteiger charge is 2.53. The van der Waals surface area contributed by atoms with Crippen molar-refractivity contribution >= 4 is 26.8 Å². The molecule has 2 heterocycles. The molecule has 2 saturated heterocycles. The van der Waals surface area contributed by atoms with Crippen LogP contribution in [0.4, 0.5) is 0 Å². The van der Waals surface area contributed by atoms with Crippen LogP contribution in [-0.4, -0.2) is 34.1 Å². The smallest absolute Gasteiger partial charge is 0.0847 e. The molecule has 47 heavy (non-hydrogen) atoms. The van der Waals surface area contributed by atoms with Crippen molar-refractivity contribution in [2.75, 3.05) is 19.6 Å². The number of rotatable bonds is 15. The number of hydrogen-bond donors (Lipinski definition) is 0. The van der Waals surface area contributed by atoms with Crippen molar-refractivity contribution in [1.29, 1.82) is 0 Å². The Morgan fingerprint density at radius 1 is 0.574 bits per heavy atom. The predicted molar refractivity (Wildman–Crippen MR) is 206 cm³/mol. The third kappa shape index (κ3) is 8.09. The van der Waals surface area contributed by atoms with Crippen LogP contribution < -0.4 is 10.6 Å². The largest absolute Gasteiger partial charge is 0.249 e. The Kier molecular flexibility index (Phi) is 12.7. The molecule has 2 aliphatic heterocycles. The minimum absolute atomic E-state index is 0.365. The molecule has 0 saturated carbocycles. The Bertz CT molecular complexity index is 1370. The SMILES string of the molecule is CCCCc1ccc([C@@H]2N3CCCCN3[C@@H](c3ccc(CCCC)cc3)P2N(CCCC)P(c2ccccc2)c2ccccc2)cc1. The first-order chi connectivity index (χ1) is 23.2. The van der Waals surface area contributed by atoms with E-state index in [4.69, 9.17) is 0 Å². The topological polar surface area (TPSA) is 9.72 Å². The highest BCUT2D eigenvalue weighted by molar-refractivity contribution is 7.79. The van der Waals surface area contributed by atoms with Crippen molar-refractivity contribution in [3.8, 4) is 0 Å². The molecular formula is C42H55N3P2.